The molecule has 1 aromatic heterocycles. The second-order valence-corrected chi connectivity index (χ2v) is 6.71. The van der Waals surface area contributed by atoms with Gasteiger partial charge in [-0.3, -0.25) is 14.9 Å². The molecule has 23 heavy (non-hydrogen) atoms. The van der Waals surface area contributed by atoms with E-state index in [4.69, 9.17) is 9.15 Å². The van der Waals surface area contributed by atoms with Crippen LogP contribution in [0, 0.1) is 10.1 Å². The van der Waals surface area contributed by atoms with Gasteiger partial charge in [-0.25, -0.2) is 4.79 Å². The van der Waals surface area contributed by atoms with Crippen LogP contribution < -0.4 is 0 Å². The molecule has 2 rings (SSSR count). The second kappa shape index (κ2) is 6.74. The van der Waals surface area contributed by atoms with Crippen molar-refractivity contribution in [2.45, 2.75) is 17.7 Å². The summed E-state index contributed by atoms with van der Waals surface area (Å²) in [6, 6.07) is 7.26. The Kier molecular flexibility index (Phi) is 4.95. The van der Waals surface area contributed by atoms with Crippen molar-refractivity contribution in [2.75, 3.05) is 0 Å². The number of non-ortho nitro benzene ring substituents is 1. The fourth-order valence-corrected chi connectivity index (χ4v) is 2.37. The van der Waals surface area contributed by atoms with Crippen LogP contribution in [0.1, 0.15) is 29.3 Å². The van der Waals surface area contributed by atoms with E-state index in [0.29, 0.717) is 5.56 Å². The highest BCUT2D eigenvalue weighted by atomic mass is 79.9. The molecule has 120 valence electrons. The van der Waals surface area contributed by atoms with Gasteiger partial charge < -0.3 is 9.15 Å². The Labute approximate surface area is 139 Å². The number of rotatable bonds is 5. The van der Waals surface area contributed by atoms with Crippen molar-refractivity contribution < 1.29 is 23.7 Å². The number of ether oxygens (including phenoxy) is 1. The van der Waals surface area contributed by atoms with Gasteiger partial charge >= 0.3 is 11.9 Å². The zero-order valence-electron chi connectivity index (χ0n) is 12.0. The first-order valence-corrected chi connectivity index (χ1v) is 7.30. The van der Waals surface area contributed by atoms with Gasteiger partial charge in [0.1, 0.15) is 6.26 Å². The smallest absolute Gasteiger partial charge is 0.349 e. The van der Waals surface area contributed by atoms with E-state index < -0.39 is 21.2 Å². The van der Waals surface area contributed by atoms with Crippen LogP contribution in [0.4, 0.5) is 5.69 Å². The molecule has 0 aliphatic heterocycles. The summed E-state index contributed by atoms with van der Waals surface area (Å²) in [5.74, 6) is -1.58. The first kappa shape index (κ1) is 16.9. The van der Waals surface area contributed by atoms with Crippen molar-refractivity contribution in [3.8, 4) is 0 Å². The fraction of sp³-hybridized carbons (Fsp3) is 0.200. The van der Waals surface area contributed by atoms with E-state index in [1.807, 2.05) is 0 Å². The van der Waals surface area contributed by atoms with E-state index in [1.54, 1.807) is 13.0 Å². The van der Waals surface area contributed by atoms with Gasteiger partial charge in [0, 0.05) is 12.1 Å². The predicted octanol–water partition coefficient (Wildman–Crippen LogP) is 3.57. The summed E-state index contributed by atoms with van der Waals surface area (Å²) in [4.78, 5) is 33.9. The topological polar surface area (TPSA) is 99.7 Å². The van der Waals surface area contributed by atoms with Gasteiger partial charge in [0.2, 0.25) is 0 Å². The number of hydrogen-bond acceptors (Lipinski definition) is 6. The Balaban J connectivity index is 2.08. The number of carbonyl (C=O) groups excluding carboxylic acids is 2. The molecule has 0 radical (unpaired) electrons. The lowest BCUT2D eigenvalue weighted by Crippen LogP contribution is -2.22. The summed E-state index contributed by atoms with van der Waals surface area (Å²) in [5.41, 5.74) is 0.570. The molecule has 7 nitrogen and oxygen atoms in total. The van der Waals surface area contributed by atoms with Crippen molar-refractivity contribution in [3.63, 3.8) is 0 Å². The third-order valence-corrected chi connectivity index (χ3v) is 3.84. The molecule has 0 saturated heterocycles. The quantitative estimate of drug-likeness (QED) is 0.258. The Hall–Kier alpha value is -2.48. The number of nitro benzene ring substituents is 1. The molecule has 0 N–H and O–H groups in total. The molecule has 0 aliphatic carbocycles. The first-order chi connectivity index (χ1) is 10.8. The predicted molar refractivity (Wildman–Crippen MR) is 83.1 cm³/mol. The van der Waals surface area contributed by atoms with Gasteiger partial charge in [0.25, 0.3) is 5.69 Å². The minimum absolute atomic E-state index is 0.0870. The molecule has 8 heteroatoms. The van der Waals surface area contributed by atoms with Gasteiger partial charge in [-0.1, -0.05) is 28.1 Å². The number of alkyl halides is 1. The van der Waals surface area contributed by atoms with Crippen LogP contribution in [-0.4, -0.2) is 16.9 Å². The van der Waals surface area contributed by atoms with Crippen LogP contribution in [0.3, 0.4) is 0 Å². The number of hydrogen-bond donors (Lipinski definition) is 0. The molecule has 0 aliphatic rings. The van der Waals surface area contributed by atoms with E-state index >= 15 is 0 Å². The maximum atomic E-state index is 11.9. The number of carbonyl (C=O) groups is 2. The lowest BCUT2D eigenvalue weighted by atomic mass is 9.97. The number of benzene rings is 1. The summed E-state index contributed by atoms with van der Waals surface area (Å²) >= 11 is 3.36. The standard InChI is InChI=1S/C15H12BrNO6/c1-15(16,11-3-2-4-12(7-11)17(20)21)8-13(18)23-14(19)10-5-6-22-9-10/h2-7,9H,8H2,1H3. The zero-order chi connectivity index (χ0) is 17.0. The molecule has 1 atom stereocenters. The van der Waals surface area contributed by atoms with Gasteiger partial charge in [-0.2, -0.15) is 0 Å². The molecule has 2 aromatic rings. The molecule has 0 saturated carbocycles. The number of esters is 2. The van der Waals surface area contributed by atoms with Crippen LogP contribution in [0.2, 0.25) is 0 Å². The van der Waals surface area contributed by atoms with E-state index in [0.717, 1.165) is 0 Å². The lowest BCUT2D eigenvalue weighted by molar-refractivity contribution is -0.384. The monoisotopic (exact) mass is 381 g/mol. The minimum Gasteiger partial charge on any atom is -0.472 e. The van der Waals surface area contributed by atoms with Crippen LogP contribution >= 0.6 is 15.9 Å². The van der Waals surface area contributed by atoms with Gasteiger partial charge in [-0.05, 0) is 18.6 Å². The van der Waals surface area contributed by atoms with Crippen molar-refractivity contribution >= 4 is 33.6 Å². The maximum absolute atomic E-state index is 11.9. The Morgan fingerprint density at radius 3 is 2.74 bits per heavy atom. The lowest BCUT2D eigenvalue weighted by Gasteiger charge is -2.21. The van der Waals surface area contributed by atoms with Crippen molar-refractivity contribution in [1.29, 1.82) is 0 Å². The minimum atomic E-state index is -0.910. The highest BCUT2D eigenvalue weighted by Gasteiger charge is 2.30. The van der Waals surface area contributed by atoms with E-state index in [9.17, 15) is 19.7 Å². The van der Waals surface area contributed by atoms with Crippen LogP contribution in [0.5, 0.6) is 0 Å². The van der Waals surface area contributed by atoms with Crippen LogP contribution in [0.15, 0.2) is 47.3 Å². The third kappa shape index (κ3) is 4.26. The SMILES string of the molecule is CC(Br)(CC(=O)OC(=O)c1ccoc1)c1cccc([N+](=O)[O-])c1. The summed E-state index contributed by atoms with van der Waals surface area (Å²) in [6.45, 7) is 1.66. The third-order valence-electron chi connectivity index (χ3n) is 3.10. The van der Waals surface area contributed by atoms with Crippen LogP contribution in [-0.2, 0) is 13.9 Å². The molecule has 0 spiro atoms. The normalized spacial score (nSPS) is 13.1. The molecule has 0 fully saturated rings. The number of nitrogens with zero attached hydrogens (tertiary/aromatic N) is 1. The Bertz CT molecular complexity index is 738. The van der Waals surface area contributed by atoms with Crippen molar-refractivity contribution in [2.24, 2.45) is 0 Å². The largest absolute Gasteiger partial charge is 0.472 e. The highest BCUT2D eigenvalue weighted by molar-refractivity contribution is 9.09. The molecular weight excluding hydrogens is 370 g/mol. The summed E-state index contributed by atoms with van der Waals surface area (Å²) in [5, 5.41) is 10.8. The van der Waals surface area contributed by atoms with Crippen LogP contribution in [0.25, 0.3) is 0 Å². The Morgan fingerprint density at radius 2 is 2.13 bits per heavy atom. The van der Waals surface area contributed by atoms with E-state index in [-0.39, 0.29) is 17.7 Å². The summed E-state index contributed by atoms with van der Waals surface area (Å²) in [6.07, 6.45) is 2.28. The van der Waals surface area contributed by atoms with Gasteiger partial charge in [0.05, 0.1) is 27.5 Å². The highest BCUT2D eigenvalue weighted by Crippen LogP contribution is 2.36. The Morgan fingerprint density at radius 1 is 1.39 bits per heavy atom. The first-order valence-electron chi connectivity index (χ1n) is 6.50. The molecular formula is C15H12BrNO6. The second-order valence-electron chi connectivity index (χ2n) is 4.96. The van der Waals surface area contributed by atoms with Crippen molar-refractivity contribution in [3.05, 3.63) is 64.1 Å². The average Bonchev–Trinajstić information content (AvgIpc) is 3.01. The van der Waals surface area contributed by atoms with Crippen molar-refractivity contribution in [1.82, 2.24) is 0 Å². The van der Waals surface area contributed by atoms with Gasteiger partial charge in [-0.15, -0.1) is 0 Å². The average molecular weight is 382 g/mol. The molecule has 0 amide bonds. The summed E-state index contributed by atoms with van der Waals surface area (Å²) in [7, 11) is 0. The number of nitro groups is 1. The zero-order valence-corrected chi connectivity index (χ0v) is 13.6. The summed E-state index contributed by atoms with van der Waals surface area (Å²) < 4.78 is 8.56. The molecule has 1 aromatic carbocycles. The number of halogens is 1. The fourth-order valence-electron chi connectivity index (χ4n) is 1.90. The molecule has 0 bridgehead atoms. The number of furan rings is 1. The van der Waals surface area contributed by atoms with E-state index in [2.05, 4.69) is 15.9 Å². The van der Waals surface area contributed by atoms with E-state index in [1.165, 1.54) is 36.8 Å². The maximum Gasteiger partial charge on any atom is 0.349 e. The molecule has 1 unspecified atom stereocenters. The van der Waals surface area contributed by atoms with Gasteiger partial charge in [0.15, 0.2) is 0 Å². The molecule has 1 heterocycles.